The predicted molar refractivity (Wildman–Crippen MR) is 75.9 cm³/mol. The van der Waals surface area contributed by atoms with E-state index in [1.807, 2.05) is 0 Å². The number of piperidine rings is 1. The molecule has 3 heteroatoms. The molecule has 3 nitrogen and oxygen atoms in total. The average Bonchev–Trinajstić information content (AvgIpc) is 2.76. The summed E-state index contributed by atoms with van der Waals surface area (Å²) in [6.07, 6.45) is 5.39. The van der Waals surface area contributed by atoms with Gasteiger partial charge in [0.15, 0.2) is 0 Å². The van der Waals surface area contributed by atoms with E-state index in [-0.39, 0.29) is 5.54 Å². The molecule has 0 amide bonds. The Balaban J connectivity index is 1.89. The van der Waals surface area contributed by atoms with Crippen LogP contribution in [0.25, 0.3) is 0 Å². The van der Waals surface area contributed by atoms with Gasteiger partial charge in [0.2, 0.25) is 0 Å². The third-order valence-corrected chi connectivity index (χ3v) is 4.19. The third-order valence-electron chi connectivity index (χ3n) is 4.19. The SMILES string of the molecule is CC(C)(C)NCC1(CN2CCCCC2)CCOC1. The van der Waals surface area contributed by atoms with Crippen molar-refractivity contribution in [1.29, 1.82) is 0 Å². The van der Waals surface area contributed by atoms with E-state index in [2.05, 4.69) is 31.0 Å². The molecule has 2 rings (SSSR count). The van der Waals surface area contributed by atoms with Crippen molar-refractivity contribution in [2.75, 3.05) is 39.4 Å². The minimum atomic E-state index is 0.206. The summed E-state index contributed by atoms with van der Waals surface area (Å²) in [5.74, 6) is 0. The number of nitrogens with zero attached hydrogens (tertiary/aromatic N) is 1. The molecule has 0 radical (unpaired) electrons. The van der Waals surface area contributed by atoms with E-state index in [0.717, 1.165) is 19.8 Å². The molecule has 1 atom stereocenters. The first-order chi connectivity index (χ1) is 8.49. The zero-order chi connectivity index (χ0) is 13.1. The lowest BCUT2D eigenvalue weighted by Crippen LogP contribution is -2.50. The van der Waals surface area contributed by atoms with Crippen LogP contribution in [-0.4, -0.2) is 49.8 Å². The summed E-state index contributed by atoms with van der Waals surface area (Å²) in [4.78, 5) is 2.66. The van der Waals surface area contributed by atoms with Crippen LogP contribution in [0.5, 0.6) is 0 Å². The van der Waals surface area contributed by atoms with Crippen molar-refractivity contribution in [2.24, 2.45) is 5.41 Å². The van der Waals surface area contributed by atoms with Crippen molar-refractivity contribution in [1.82, 2.24) is 10.2 Å². The lowest BCUT2D eigenvalue weighted by atomic mass is 9.85. The van der Waals surface area contributed by atoms with Crippen molar-refractivity contribution in [3.63, 3.8) is 0 Å². The molecule has 106 valence electrons. The Bertz CT molecular complexity index is 248. The minimum Gasteiger partial charge on any atom is -0.381 e. The van der Waals surface area contributed by atoms with Gasteiger partial charge in [0, 0.05) is 30.7 Å². The molecule has 0 bridgehead atoms. The molecule has 0 aliphatic carbocycles. The fourth-order valence-electron chi connectivity index (χ4n) is 3.01. The molecule has 2 heterocycles. The highest BCUT2D eigenvalue weighted by molar-refractivity contribution is 4.91. The highest BCUT2D eigenvalue weighted by atomic mass is 16.5. The van der Waals surface area contributed by atoms with E-state index >= 15 is 0 Å². The molecule has 2 fully saturated rings. The first-order valence-electron chi connectivity index (χ1n) is 7.54. The second kappa shape index (κ2) is 5.89. The zero-order valence-electron chi connectivity index (χ0n) is 12.4. The van der Waals surface area contributed by atoms with Crippen LogP contribution >= 0.6 is 0 Å². The molecule has 0 spiro atoms. The molecule has 0 saturated carbocycles. The molecule has 1 N–H and O–H groups in total. The van der Waals surface area contributed by atoms with Crippen LogP contribution in [0.2, 0.25) is 0 Å². The van der Waals surface area contributed by atoms with Crippen LogP contribution in [0.15, 0.2) is 0 Å². The van der Waals surface area contributed by atoms with E-state index in [9.17, 15) is 0 Å². The summed E-state index contributed by atoms with van der Waals surface area (Å²) in [6, 6.07) is 0. The van der Waals surface area contributed by atoms with Gasteiger partial charge in [-0.2, -0.15) is 0 Å². The Hall–Kier alpha value is -0.120. The van der Waals surface area contributed by atoms with Crippen LogP contribution in [-0.2, 0) is 4.74 Å². The maximum Gasteiger partial charge on any atom is 0.0547 e. The Morgan fingerprint density at radius 1 is 1.17 bits per heavy atom. The minimum absolute atomic E-state index is 0.206. The number of hydrogen-bond donors (Lipinski definition) is 1. The average molecular weight is 254 g/mol. The summed E-state index contributed by atoms with van der Waals surface area (Å²) in [7, 11) is 0. The number of hydrogen-bond acceptors (Lipinski definition) is 3. The van der Waals surface area contributed by atoms with E-state index < -0.39 is 0 Å². The van der Waals surface area contributed by atoms with Gasteiger partial charge in [0.1, 0.15) is 0 Å². The topological polar surface area (TPSA) is 24.5 Å². The summed E-state index contributed by atoms with van der Waals surface area (Å²) < 4.78 is 5.70. The number of nitrogens with one attached hydrogen (secondary N) is 1. The molecular formula is C15H30N2O. The molecular weight excluding hydrogens is 224 g/mol. The normalized spacial score (nSPS) is 30.8. The highest BCUT2D eigenvalue weighted by Gasteiger charge is 2.37. The van der Waals surface area contributed by atoms with E-state index in [0.29, 0.717) is 5.41 Å². The van der Waals surface area contributed by atoms with Crippen LogP contribution in [0.1, 0.15) is 46.5 Å². The summed E-state index contributed by atoms with van der Waals surface area (Å²) >= 11 is 0. The molecule has 18 heavy (non-hydrogen) atoms. The van der Waals surface area contributed by atoms with Gasteiger partial charge in [0.25, 0.3) is 0 Å². The maximum absolute atomic E-state index is 5.70. The van der Waals surface area contributed by atoms with E-state index in [1.54, 1.807) is 0 Å². The van der Waals surface area contributed by atoms with Crippen molar-refractivity contribution in [2.45, 2.75) is 52.0 Å². The Labute approximate surface area is 112 Å². The fourth-order valence-corrected chi connectivity index (χ4v) is 3.01. The third kappa shape index (κ3) is 4.22. The first kappa shape index (κ1) is 14.3. The lowest BCUT2D eigenvalue weighted by molar-refractivity contribution is 0.0932. The van der Waals surface area contributed by atoms with E-state index in [1.165, 1.54) is 45.3 Å². The second-order valence-electron chi connectivity index (χ2n) is 7.24. The van der Waals surface area contributed by atoms with Gasteiger partial charge < -0.3 is 15.0 Å². The molecule has 0 aromatic heterocycles. The van der Waals surface area contributed by atoms with Gasteiger partial charge in [-0.25, -0.2) is 0 Å². The van der Waals surface area contributed by atoms with Crippen LogP contribution in [0.4, 0.5) is 0 Å². The maximum atomic E-state index is 5.70. The smallest absolute Gasteiger partial charge is 0.0547 e. The van der Waals surface area contributed by atoms with Gasteiger partial charge in [-0.05, 0) is 53.1 Å². The van der Waals surface area contributed by atoms with Gasteiger partial charge in [-0.3, -0.25) is 0 Å². The van der Waals surface area contributed by atoms with Crippen molar-refractivity contribution in [3.05, 3.63) is 0 Å². The fraction of sp³-hybridized carbons (Fsp3) is 1.00. The Morgan fingerprint density at radius 2 is 1.89 bits per heavy atom. The second-order valence-corrected chi connectivity index (χ2v) is 7.24. The van der Waals surface area contributed by atoms with Crippen molar-refractivity contribution >= 4 is 0 Å². The van der Waals surface area contributed by atoms with Gasteiger partial charge in [-0.1, -0.05) is 6.42 Å². The number of likely N-dealkylation sites (tertiary alicyclic amines) is 1. The van der Waals surface area contributed by atoms with Crippen LogP contribution in [0.3, 0.4) is 0 Å². The number of rotatable bonds is 4. The molecule has 2 aliphatic heterocycles. The summed E-state index contributed by atoms with van der Waals surface area (Å²) in [5.41, 5.74) is 0.558. The van der Waals surface area contributed by atoms with Crippen molar-refractivity contribution in [3.8, 4) is 0 Å². The number of ether oxygens (including phenoxy) is 1. The Kier molecular flexibility index (Phi) is 4.68. The quantitative estimate of drug-likeness (QED) is 0.833. The zero-order valence-corrected chi connectivity index (χ0v) is 12.4. The monoisotopic (exact) mass is 254 g/mol. The van der Waals surface area contributed by atoms with E-state index in [4.69, 9.17) is 4.74 Å². The molecule has 1 unspecified atom stereocenters. The Morgan fingerprint density at radius 3 is 2.44 bits per heavy atom. The predicted octanol–water partition coefficient (Wildman–Crippen LogP) is 2.27. The summed E-state index contributed by atoms with van der Waals surface area (Å²) in [6.45, 7) is 13.5. The van der Waals surface area contributed by atoms with Gasteiger partial charge in [0.05, 0.1) is 6.61 Å². The van der Waals surface area contributed by atoms with Crippen LogP contribution in [0, 0.1) is 5.41 Å². The highest BCUT2D eigenvalue weighted by Crippen LogP contribution is 2.30. The molecule has 0 aromatic carbocycles. The summed E-state index contributed by atoms with van der Waals surface area (Å²) in [5, 5.41) is 3.69. The van der Waals surface area contributed by atoms with Gasteiger partial charge in [-0.15, -0.1) is 0 Å². The molecule has 0 aromatic rings. The molecule has 2 saturated heterocycles. The largest absolute Gasteiger partial charge is 0.381 e. The first-order valence-corrected chi connectivity index (χ1v) is 7.54. The lowest BCUT2D eigenvalue weighted by Gasteiger charge is -2.38. The van der Waals surface area contributed by atoms with Crippen LogP contribution < -0.4 is 5.32 Å². The van der Waals surface area contributed by atoms with Gasteiger partial charge >= 0.3 is 0 Å². The standard InChI is InChI=1S/C15H30N2O/c1-14(2,3)16-11-15(7-10-18-13-15)12-17-8-5-4-6-9-17/h16H,4-13H2,1-3H3. The molecule has 2 aliphatic rings. The van der Waals surface area contributed by atoms with Crippen molar-refractivity contribution < 1.29 is 4.74 Å².